The molecule has 0 fully saturated rings. The van der Waals surface area contributed by atoms with Gasteiger partial charge in [-0.25, -0.2) is 0 Å². The van der Waals surface area contributed by atoms with E-state index in [0.717, 1.165) is 41.4 Å². The number of aliphatic carboxylic acids is 1. The molecular formula is C23H22BrF3N2O3. The maximum absolute atomic E-state index is 13.4. The first kappa shape index (κ1) is 23.8. The van der Waals surface area contributed by atoms with Gasteiger partial charge in [0, 0.05) is 12.5 Å². The smallest absolute Gasteiger partial charge is 0.433 e. The van der Waals surface area contributed by atoms with Gasteiger partial charge in [0.15, 0.2) is 0 Å². The summed E-state index contributed by atoms with van der Waals surface area (Å²) in [4.78, 5) is 9.00. The summed E-state index contributed by atoms with van der Waals surface area (Å²) in [7, 11) is 0. The number of benzene rings is 2. The molecule has 0 bridgehead atoms. The molecule has 2 aromatic carbocycles. The molecule has 0 aliphatic heterocycles. The van der Waals surface area contributed by atoms with E-state index in [2.05, 4.69) is 21.0 Å². The predicted octanol–water partition coefficient (Wildman–Crippen LogP) is 5.99. The molecule has 0 radical (unpaired) electrons. The number of ether oxygens (including phenoxy) is 1. The first-order valence-electron chi connectivity index (χ1n) is 9.99. The Morgan fingerprint density at radius 3 is 2.41 bits per heavy atom. The third-order valence-electron chi connectivity index (χ3n) is 4.85. The highest BCUT2D eigenvalue weighted by atomic mass is 79.9. The Morgan fingerprint density at radius 1 is 1.16 bits per heavy atom. The van der Waals surface area contributed by atoms with Crippen LogP contribution in [-0.4, -0.2) is 27.5 Å². The highest BCUT2D eigenvalue weighted by Crippen LogP contribution is 2.34. The number of nitrogens with zero attached hydrogens (tertiary/aromatic N) is 2. The van der Waals surface area contributed by atoms with Crippen molar-refractivity contribution in [1.82, 2.24) is 9.78 Å². The molecule has 1 aliphatic rings. The number of alkyl halides is 3. The van der Waals surface area contributed by atoms with Crippen LogP contribution in [0.15, 0.2) is 53.0 Å². The number of aromatic nitrogens is 2. The number of halogens is 4. The summed E-state index contributed by atoms with van der Waals surface area (Å²) in [5, 5.41) is 11.6. The van der Waals surface area contributed by atoms with E-state index in [1.165, 1.54) is 11.1 Å². The number of hydrogen-bond donors (Lipinski definition) is 1. The first-order valence-corrected chi connectivity index (χ1v) is 10.8. The Labute approximate surface area is 192 Å². The van der Waals surface area contributed by atoms with E-state index in [4.69, 9.17) is 14.6 Å². The average molecular weight is 511 g/mol. The summed E-state index contributed by atoms with van der Waals surface area (Å²) in [6.07, 6.45) is -1.29. The van der Waals surface area contributed by atoms with E-state index in [1.807, 2.05) is 18.2 Å². The Bertz CT molecular complexity index is 1080. The fraction of sp³-hybridized carbons (Fsp3) is 0.304. The number of aryl methyl sites for hydroxylation is 2. The van der Waals surface area contributed by atoms with E-state index in [-0.39, 0.29) is 13.2 Å². The van der Waals surface area contributed by atoms with E-state index >= 15 is 0 Å². The average Bonchev–Trinajstić information content (AvgIpc) is 3.35. The minimum Gasteiger partial charge on any atom is -0.490 e. The minimum absolute atomic E-state index is 0.00516. The van der Waals surface area contributed by atoms with Crippen LogP contribution in [0.2, 0.25) is 0 Å². The van der Waals surface area contributed by atoms with E-state index in [0.29, 0.717) is 17.0 Å². The maximum Gasteiger partial charge on any atom is 0.433 e. The van der Waals surface area contributed by atoms with Gasteiger partial charge < -0.3 is 9.84 Å². The Hall–Kier alpha value is -2.81. The lowest BCUT2D eigenvalue weighted by molar-refractivity contribution is -0.144. The van der Waals surface area contributed by atoms with Crippen molar-refractivity contribution in [3.05, 3.63) is 69.8 Å². The second-order valence-corrected chi connectivity index (χ2v) is 8.13. The zero-order chi connectivity index (χ0) is 23.3. The molecule has 1 aromatic heterocycles. The molecule has 0 unspecified atom stereocenters. The van der Waals surface area contributed by atoms with Crippen LogP contribution in [0.25, 0.3) is 11.3 Å². The van der Waals surface area contributed by atoms with E-state index in [1.54, 1.807) is 24.3 Å². The lowest BCUT2D eigenvalue weighted by Crippen LogP contribution is -2.18. The molecular weight excluding hydrogens is 489 g/mol. The molecule has 4 rings (SSSR count). The molecule has 1 N–H and O–H groups in total. The van der Waals surface area contributed by atoms with Crippen molar-refractivity contribution in [2.45, 2.75) is 38.9 Å². The lowest BCUT2D eigenvalue weighted by Gasteiger charge is -2.13. The molecule has 1 aliphatic carbocycles. The Morgan fingerprint density at radius 2 is 1.78 bits per heavy atom. The number of rotatable bonds is 5. The van der Waals surface area contributed by atoms with Gasteiger partial charge >= 0.3 is 6.18 Å². The van der Waals surface area contributed by atoms with Gasteiger partial charge in [0.25, 0.3) is 5.97 Å². The van der Waals surface area contributed by atoms with Crippen molar-refractivity contribution in [2.24, 2.45) is 0 Å². The number of carboxylic acid groups (broad SMARTS) is 1. The minimum atomic E-state index is -4.48. The quantitative estimate of drug-likeness (QED) is 0.457. The standard InChI is InChI=1S/C21H18BrF3N2O.C2H4O2/c22-17-11-15-7-4-8-16(15)12-19(17)28-10-9-27-20(21(23,24)25)13-18(26-27)14-5-2-1-3-6-14;1-2(3)4/h1-3,5-6,11-13H,4,7-10H2;1H3,(H,3,4). The molecule has 9 heteroatoms. The molecule has 0 amide bonds. The Kier molecular flexibility index (Phi) is 7.60. The topological polar surface area (TPSA) is 64.3 Å². The summed E-state index contributed by atoms with van der Waals surface area (Å²) in [6, 6.07) is 14.0. The zero-order valence-electron chi connectivity index (χ0n) is 17.3. The fourth-order valence-corrected chi connectivity index (χ4v) is 3.99. The van der Waals surface area contributed by atoms with Gasteiger partial charge in [-0.3, -0.25) is 9.48 Å². The van der Waals surface area contributed by atoms with E-state index < -0.39 is 17.8 Å². The summed E-state index contributed by atoms with van der Waals surface area (Å²) in [5.41, 5.74) is 2.72. The van der Waals surface area contributed by atoms with Crippen LogP contribution in [0.5, 0.6) is 5.75 Å². The van der Waals surface area contributed by atoms with Gasteiger partial charge in [-0.2, -0.15) is 18.3 Å². The van der Waals surface area contributed by atoms with Gasteiger partial charge in [-0.1, -0.05) is 30.3 Å². The monoisotopic (exact) mass is 510 g/mol. The summed E-state index contributed by atoms with van der Waals surface area (Å²) in [5.74, 6) is -0.176. The van der Waals surface area contributed by atoms with Gasteiger partial charge in [0.05, 0.1) is 16.7 Å². The Balaban J connectivity index is 0.000000668. The second-order valence-electron chi connectivity index (χ2n) is 7.27. The second kappa shape index (κ2) is 10.2. The predicted molar refractivity (Wildman–Crippen MR) is 118 cm³/mol. The normalized spacial score (nSPS) is 12.7. The van der Waals surface area contributed by atoms with Crippen molar-refractivity contribution in [2.75, 3.05) is 6.61 Å². The molecule has 5 nitrogen and oxygen atoms in total. The molecule has 3 aromatic rings. The number of carboxylic acids is 1. The van der Waals surface area contributed by atoms with Gasteiger partial charge in [0.1, 0.15) is 18.1 Å². The van der Waals surface area contributed by atoms with Crippen LogP contribution in [-0.2, 0) is 30.4 Å². The van der Waals surface area contributed by atoms with E-state index in [9.17, 15) is 13.2 Å². The third kappa shape index (κ3) is 6.12. The largest absolute Gasteiger partial charge is 0.490 e. The van der Waals surface area contributed by atoms with Gasteiger partial charge in [0.2, 0.25) is 0 Å². The summed E-state index contributed by atoms with van der Waals surface area (Å²) in [6.45, 7) is 1.18. The van der Waals surface area contributed by atoms with Crippen LogP contribution in [0, 0.1) is 0 Å². The SMILES string of the molecule is CC(=O)O.FC(F)(F)c1cc(-c2ccccc2)nn1CCOc1cc2c(cc1Br)CCC2. The first-order chi connectivity index (χ1) is 15.1. The number of hydrogen-bond acceptors (Lipinski definition) is 3. The summed E-state index contributed by atoms with van der Waals surface area (Å²) < 4.78 is 47.9. The van der Waals surface area contributed by atoms with Crippen LogP contribution < -0.4 is 4.74 Å². The number of fused-ring (bicyclic) bond motifs is 1. The van der Waals surface area contributed by atoms with Crippen molar-refractivity contribution >= 4 is 21.9 Å². The molecule has 32 heavy (non-hydrogen) atoms. The zero-order valence-corrected chi connectivity index (χ0v) is 18.9. The molecule has 0 saturated carbocycles. The van der Waals surface area contributed by atoms with Crippen LogP contribution >= 0.6 is 15.9 Å². The molecule has 0 spiro atoms. The van der Waals surface area contributed by atoms with Crippen molar-refractivity contribution < 1.29 is 27.8 Å². The molecule has 1 heterocycles. The van der Waals surface area contributed by atoms with Crippen molar-refractivity contribution in [1.29, 1.82) is 0 Å². The van der Waals surface area contributed by atoms with Gasteiger partial charge in [-0.15, -0.1) is 0 Å². The summed E-state index contributed by atoms with van der Waals surface area (Å²) >= 11 is 3.49. The highest BCUT2D eigenvalue weighted by molar-refractivity contribution is 9.10. The lowest BCUT2D eigenvalue weighted by atomic mass is 10.1. The van der Waals surface area contributed by atoms with Crippen LogP contribution in [0.3, 0.4) is 0 Å². The molecule has 0 saturated heterocycles. The van der Waals surface area contributed by atoms with Crippen LogP contribution in [0.1, 0.15) is 30.2 Å². The van der Waals surface area contributed by atoms with Crippen LogP contribution in [0.4, 0.5) is 13.2 Å². The maximum atomic E-state index is 13.4. The number of carbonyl (C=O) groups is 1. The molecule has 170 valence electrons. The van der Waals surface area contributed by atoms with Crippen molar-refractivity contribution in [3.63, 3.8) is 0 Å². The highest BCUT2D eigenvalue weighted by Gasteiger charge is 2.36. The van der Waals surface area contributed by atoms with Gasteiger partial charge in [-0.05, 0) is 64.5 Å². The fourth-order valence-electron chi connectivity index (χ4n) is 3.49. The third-order valence-corrected chi connectivity index (χ3v) is 5.47. The van der Waals surface area contributed by atoms with Crippen molar-refractivity contribution in [3.8, 4) is 17.0 Å². The molecule has 0 atom stereocenters.